The van der Waals surface area contributed by atoms with E-state index in [1.54, 1.807) is 0 Å². The van der Waals surface area contributed by atoms with Gasteiger partial charge in [-0.3, -0.25) is 4.52 Å². The standard InChI is InChI=1S/C2H7O4P.H3NS2/c1-2-6-7(3,4)5;2-1-3/h2H2,1H3,(H2,3,4,5);1-3H. The molecule has 0 saturated heterocycles. The number of hydrogen-bond donors (Lipinski definition) is 5. The van der Waals surface area contributed by atoms with Gasteiger partial charge in [0.1, 0.15) is 0 Å². The lowest BCUT2D eigenvalue weighted by atomic mass is 10.9. The monoisotopic (exact) mass is 207 g/mol. The van der Waals surface area contributed by atoms with Crippen molar-refractivity contribution < 1.29 is 18.9 Å². The number of hydrogen-bond acceptors (Lipinski definition) is 5. The minimum absolute atomic E-state index is 0.0459. The number of rotatable bonds is 2. The molecule has 0 aliphatic heterocycles. The van der Waals surface area contributed by atoms with Gasteiger partial charge < -0.3 is 9.79 Å². The van der Waals surface area contributed by atoms with Crippen molar-refractivity contribution >= 4 is 33.5 Å². The maximum Gasteiger partial charge on any atom is 0.469 e. The summed E-state index contributed by atoms with van der Waals surface area (Å²) in [5.41, 5.74) is 0. The molecule has 0 bridgehead atoms. The summed E-state index contributed by atoms with van der Waals surface area (Å²) < 4.78 is 15.7. The predicted molar refractivity (Wildman–Crippen MR) is 44.8 cm³/mol. The zero-order valence-corrected chi connectivity index (χ0v) is 7.94. The van der Waals surface area contributed by atoms with E-state index in [2.05, 4.69) is 34.3 Å². The van der Waals surface area contributed by atoms with Gasteiger partial charge >= 0.3 is 7.82 Å². The van der Waals surface area contributed by atoms with Crippen LogP contribution >= 0.6 is 33.5 Å². The molecule has 0 aliphatic carbocycles. The highest BCUT2D eigenvalue weighted by Crippen LogP contribution is 2.34. The summed E-state index contributed by atoms with van der Waals surface area (Å²) in [6.07, 6.45) is 0. The zero-order chi connectivity index (χ0) is 8.62. The van der Waals surface area contributed by atoms with Gasteiger partial charge in [0, 0.05) is 0 Å². The summed E-state index contributed by atoms with van der Waals surface area (Å²) in [5.74, 6) is 0. The number of nitrogens with one attached hydrogen (secondary N) is 1. The number of thiol groups is 2. The fourth-order valence-electron chi connectivity index (χ4n) is 0.168. The molecule has 0 spiro atoms. The Morgan fingerprint density at radius 2 is 1.90 bits per heavy atom. The van der Waals surface area contributed by atoms with Crippen molar-refractivity contribution in [1.29, 1.82) is 0 Å². The van der Waals surface area contributed by atoms with Gasteiger partial charge in [0.15, 0.2) is 0 Å². The second-order valence-corrected chi connectivity index (χ2v) is 3.05. The third-order valence-corrected chi connectivity index (χ3v) is 0.892. The molecule has 10 heavy (non-hydrogen) atoms. The van der Waals surface area contributed by atoms with Gasteiger partial charge in [-0.15, -0.1) is 0 Å². The topological polar surface area (TPSA) is 78.8 Å². The van der Waals surface area contributed by atoms with Gasteiger partial charge in [-0.2, -0.15) is 0 Å². The van der Waals surface area contributed by atoms with Crippen LogP contribution in [0.1, 0.15) is 6.92 Å². The Kier molecular flexibility index (Phi) is 10.5. The van der Waals surface area contributed by atoms with Crippen molar-refractivity contribution in [2.24, 2.45) is 0 Å². The van der Waals surface area contributed by atoms with E-state index in [0.717, 1.165) is 0 Å². The summed E-state index contributed by atoms with van der Waals surface area (Å²) in [7, 11) is -4.17. The lowest BCUT2D eigenvalue weighted by Crippen LogP contribution is -1.84. The highest BCUT2D eigenvalue weighted by atomic mass is 32.2. The van der Waals surface area contributed by atoms with E-state index >= 15 is 0 Å². The van der Waals surface area contributed by atoms with Crippen LogP contribution in [0.2, 0.25) is 0 Å². The van der Waals surface area contributed by atoms with Gasteiger partial charge in [0.25, 0.3) is 0 Å². The molecule has 0 saturated carbocycles. The predicted octanol–water partition coefficient (Wildman–Crippen LogP) is 0.381. The van der Waals surface area contributed by atoms with E-state index in [1.807, 2.05) is 0 Å². The molecule has 64 valence electrons. The molecule has 0 aromatic carbocycles. The fourth-order valence-corrected chi connectivity index (χ4v) is 0.505. The van der Waals surface area contributed by atoms with E-state index in [9.17, 15) is 4.57 Å². The van der Waals surface area contributed by atoms with E-state index in [4.69, 9.17) is 9.79 Å². The second kappa shape index (κ2) is 7.87. The summed E-state index contributed by atoms with van der Waals surface area (Å²) in [6, 6.07) is 0. The van der Waals surface area contributed by atoms with E-state index in [-0.39, 0.29) is 6.61 Å². The van der Waals surface area contributed by atoms with Crippen LogP contribution in [0.4, 0.5) is 0 Å². The van der Waals surface area contributed by atoms with Crippen LogP contribution < -0.4 is 4.13 Å². The first-order chi connectivity index (χ1) is 4.47. The number of phosphoric acid groups is 1. The lowest BCUT2D eigenvalue weighted by Gasteiger charge is -1.98. The van der Waals surface area contributed by atoms with Crippen molar-refractivity contribution in [1.82, 2.24) is 4.13 Å². The maximum absolute atomic E-state index is 9.70. The lowest BCUT2D eigenvalue weighted by molar-refractivity contribution is 0.206. The molecule has 0 unspecified atom stereocenters. The van der Waals surface area contributed by atoms with E-state index in [1.165, 1.54) is 6.92 Å². The van der Waals surface area contributed by atoms with Crippen LogP contribution in [-0.4, -0.2) is 16.4 Å². The van der Waals surface area contributed by atoms with Crippen molar-refractivity contribution in [2.75, 3.05) is 6.61 Å². The zero-order valence-electron chi connectivity index (χ0n) is 5.26. The molecule has 0 rings (SSSR count). The largest absolute Gasteiger partial charge is 0.469 e. The van der Waals surface area contributed by atoms with Crippen LogP contribution in [0, 0.1) is 0 Å². The quantitative estimate of drug-likeness (QED) is 0.334. The molecule has 0 radical (unpaired) electrons. The Morgan fingerprint density at radius 1 is 1.60 bits per heavy atom. The Hall–Kier alpha value is 0.770. The smallest absolute Gasteiger partial charge is 0.303 e. The average molecular weight is 207 g/mol. The Balaban J connectivity index is 0. The molecule has 5 nitrogen and oxygen atoms in total. The molecular weight excluding hydrogens is 197 g/mol. The van der Waals surface area contributed by atoms with Gasteiger partial charge in [-0.25, -0.2) is 8.69 Å². The maximum atomic E-state index is 9.70. The van der Waals surface area contributed by atoms with Crippen molar-refractivity contribution in [3.8, 4) is 0 Å². The van der Waals surface area contributed by atoms with E-state index in [0.29, 0.717) is 0 Å². The Bertz CT molecular complexity index is 105. The first kappa shape index (κ1) is 13.4. The second-order valence-electron chi connectivity index (χ2n) is 1.01. The number of phosphoric ester groups is 1. The SMILES string of the molecule is CCOP(=O)(O)O.SNS. The summed E-state index contributed by atoms with van der Waals surface area (Å²) in [6.45, 7) is 1.56. The van der Waals surface area contributed by atoms with Crippen molar-refractivity contribution in [2.45, 2.75) is 6.92 Å². The van der Waals surface area contributed by atoms with Crippen molar-refractivity contribution in [3.05, 3.63) is 0 Å². The average Bonchev–Trinajstić information content (AvgIpc) is 1.63. The highest BCUT2D eigenvalue weighted by molar-refractivity contribution is 7.94. The Labute approximate surface area is 70.5 Å². The molecule has 0 aliphatic rings. The van der Waals surface area contributed by atoms with Gasteiger partial charge in [0.2, 0.25) is 0 Å². The molecule has 0 fully saturated rings. The molecular formula is C2H10NO4PS2. The fraction of sp³-hybridized carbons (Fsp3) is 1.00. The Morgan fingerprint density at radius 3 is 1.90 bits per heavy atom. The normalized spacial score (nSPS) is 10.1. The molecule has 0 amide bonds. The third kappa shape index (κ3) is 23.3. The third-order valence-electron chi connectivity index (χ3n) is 0.297. The molecule has 0 atom stereocenters. The molecule has 0 heterocycles. The van der Waals surface area contributed by atoms with E-state index < -0.39 is 7.82 Å². The minimum atomic E-state index is -4.17. The van der Waals surface area contributed by atoms with Crippen LogP contribution in [0.3, 0.4) is 0 Å². The van der Waals surface area contributed by atoms with Crippen LogP contribution in [0.25, 0.3) is 0 Å². The van der Waals surface area contributed by atoms with Gasteiger partial charge in [-0.1, -0.05) is 25.6 Å². The molecule has 0 aromatic heterocycles. The van der Waals surface area contributed by atoms with Crippen LogP contribution in [0.15, 0.2) is 0 Å². The molecule has 8 heteroatoms. The molecule has 3 N–H and O–H groups in total. The summed E-state index contributed by atoms with van der Waals surface area (Å²) >= 11 is 6.81. The summed E-state index contributed by atoms with van der Waals surface area (Å²) in [4.78, 5) is 15.8. The first-order valence-electron chi connectivity index (χ1n) is 2.21. The highest BCUT2D eigenvalue weighted by Gasteiger charge is 2.10. The summed E-state index contributed by atoms with van der Waals surface area (Å²) in [5, 5.41) is 0. The van der Waals surface area contributed by atoms with Gasteiger partial charge in [0.05, 0.1) is 6.61 Å². The minimum Gasteiger partial charge on any atom is -0.303 e. The van der Waals surface area contributed by atoms with Gasteiger partial charge in [-0.05, 0) is 6.92 Å². The molecule has 0 aromatic rings. The van der Waals surface area contributed by atoms with Crippen LogP contribution in [-0.2, 0) is 9.09 Å². The first-order valence-corrected chi connectivity index (χ1v) is 4.63. The van der Waals surface area contributed by atoms with Crippen LogP contribution in [0.5, 0.6) is 0 Å². The van der Waals surface area contributed by atoms with Crippen molar-refractivity contribution in [3.63, 3.8) is 0 Å².